The van der Waals surface area contributed by atoms with Gasteiger partial charge >= 0.3 is 0 Å². The van der Waals surface area contributed by atoms with Crippen LogP contribution in [-0.2, 0) is 17.8 Å². The van der Waals surface area contributed by atoms with Gasteiger partial charge in [0.25, 0.3) is 0 Å². The van der Waals surface area contributed by atoms with Crippen LogP contribution < -0.4 is 10.1 Å². The van der Waals surface area contributed by atoms with E-state index in [0.717, 1.165) is 37.4 Å². The lowest BCUT2D eigenvalue weighted by Crippen LogP contribution is -2.19. The van der Waals surface area contributed by atoms with Crippen LogP contribution in [0.4, 0.5) is 0 Å². The highest BCUT2D eigenvalue weighted by Gasteiger charge is 2.18. The molecule has 0 radical (unpaired) electrons. The minimum Gasteiger partial charge on any atom is -0.488 e. The van der Waals surface area contributed by atoms with E-state index < -0.39 is 0 Å². The zero-order valence-corrected chi connectivity index (χ0v) is 15.1. The SMILES string of the molecule is Cc1ccc(CNCc2cccc3cccnc23)c(O[C@H]2CCOC2)c1. The highest BCUT2D eigenvalue weighted by Crippen LogP contribution is 2.24. The normalized spacial score (nSPS) is 16.9. The van der Waals surface area contributed by atoms with Crippen molar-refractivity contribution in [3.05, 3.63) is 71.4 Å². The van der Waals surface area contributed by atoms with E-state index in [1.165, 1.54) is 22.1 Å². The fraction of sp³-hybridized carbons (Fsp3) is 0.318. The lowest BCUT2D eigenvalue weighted by Gasteiger charge is -2.17. The molecule has 0 saturated carbocycles. The number of para-hydroxylation sites is 1. The van der Waals surface area contributed by atoms with E-state index >= 15 is 0 Å². The molecule has 3 aromatic rings. The summed E-state index contributed by atoms with van der Waals surface area (Å²) in [5.74, 6) is 0.962. The van der Waals surface area contributed by atoms with Crippen LogP contribution in [0.15, 0.2) is 54.7 Å². The maximum atomic E-state index is 6.18. The van der Waals surface area contributed by atoms with Crippen LogP contribution in [-0.4, -0.2) is 24.3 Å². The molecule has 1 N–H and O–H groups in total. The first-order valence-electron chi connectivity index (χ1n) is 9.17. The molecular weight excluding hydrogens is 324 g/mol. The van der Waals surface area contributed by atoms with Crippen molar-refractivity contribution in [1.82, 2.24) is 10.3 Å². The van der Waals surface area contributed by atoms with Crippen molar-refractivity contribution >= 4 is 10.9 Å². The Kier molecular flexibility index (Phi) is 5.14. The highest BCUT2D eigenvalue weighted by atomic mass is 16.5. The van der Waals surface area contributed by atoms with Crippen LogP contribution in [0.1, 0.15) is 23.1 Å². The molecule has 4 nitrogen and oxygen atoms in total. The fourth-order valence-corrected chi connectivity index (χ4v) is 3.34. The van der Waals surface area contributed by atoms with Crippen molar-refractivity contribution in [3.63, 3.8) is 0 Å². The maximum absolute atomic E-state index is 6.18. The van der Waals surface area contributed by atoms with Crippen molar-refractivity contribution in [2.45, 2.75) is 32.5 Å². The third kappa shape index (κ3) is 3.87. The molecule has 26 heavy (non-hydrogen) atoms. The fourth-order valence-electron chi connectivity index (χ4n) is 3.34. The van der Waals surface area contributed by atoms with Gasteiger partial charge in [0.1, 0.15) is 11.9 Å². The number of rotatable bonds is 6. The zero-order valence-electron chi connectivity index (χ0n) is 15.1. The number of fused-ring (bicyclic) bond motifs is 1. The zero-order chi connectivity index (χ0) is 17.8. The molecule has 4 heteroatoms. The van der Waals surface area contributed by atoms with Crippen molar-refractivity contribution in [2.24, 2.45) is 0 Å². The molecule has 1 aliphatic heterocycles. The van der Waals surface area contributed by atoms with E-state index in [-0.39, 0.29) is 6.10 Å². The molecule has 2 heterocycles. The van der Waals surface area contributed by atoms with Crippen molar-refractivity contribution < 1.29 is 9.47 Å². The van der Waals surface area contributed by atoms with Gasteiger partial charge < -0.3 is 14.8 Å². The number of nitrogens with zero attached hydrogens (tertiary/aromatic N) is 1. The molecule has 1 saturated heterocycles. The van der Waals surface area contributed by atoms with E-state index in [2.05, 4.69) is 59.7 Å². The van der Waals surface area contributed by atoms with E-state index in [4.69, 9.17) is 9.47 Å². The van der Waals surface area contributed by atoms with Crippen LogP contribution in [0.5, 0.6) is 5.75 Å². The summed E-state index contributed by atoms with van der Waals surface area (Å²) < 4.78 is 11.6. The number of hydrogen-bond acceptors (Lipinski definition) is 4. The van der Waals surface area contributed by atoms with E-state index in [1.807, 2.05) is 12.3 Å². The molecule has 0 spiro atoms. The first kappa shape index (κ1) is 17.0. The van der Waals surface area contributed by atoms with Gasteiger partial charge in [0.05, 0.1) is 18.7 Å². The number of nitrogens with one attached hydrogen (secondary N) is 1. The maximum Gasteiger partial charge on any atom is 0.124 e. The van der Waals surface area contributed by atoms with Crippen LogP contribution in [0.25, 0.3) is 10.9 Å². The molecule has 1 aliphatic rings. The van der Waals surface area contributed by atoms with Crippen LogP contribution >= 0.6 is 0 Å². The Morgan fingerprint density at radius 3 is 2.88 bits per heavy atom. The van der Waals surface area contributed by atoms with Crippen molar-refractivity contribution in [1.29, 1.82) is 0 Å². The second-order valence-corrected chi connectivity index (χ2v) is 6.81. The minimum atomic E-state index is 0.165. The number of hydrogen-bond donors (Lipinski definition) is 1. The Hall–Kier alpha value is -2.43. The van der Waals surface area contributed by atoms with E-state index in [1.54, 1.807) is 0 Å². The average molecular weight is 348 g/mol. The summed E-state index contributed by atoms with van der Waals surface area (Å²) in [5.41, 5.74) is 4.66. The Morgan fingerprint density at radius 1 is 1.12 bits per heavy atom. The molecule has 0 unspecified atom stereocenters. The third-order valence-electron chi connectivity index (χ3n) is 4.75. The first-order chi connectivity index (χ1) is 12.8. The topological polar surface area (TPSA) is 43.4 Å². The molecule has 2 aromatic carbocycles. The number of benzene rings is 2. The molecule has 0 aliphatic carbocycles. The van der Waals surface area contributed by atoms with E-state index in [9.17, 15) is 0 Å². The second kappa shape index (κ2) is 7.85. The van der Waals surface area contributed by atoms with Gasteiger partial charge in [-0.25, -0.2) is 0 Å². The van der Waals surface area contributed by atoms with Gasteiger partial charge in [-0.1, -0.05) is 36.4 Å². The summed E-state index contributed by atoms with van der Waals surface area (Å²) >= 11 is 0. The van der Waals surface area contributed by atoms with E-state index in [0.29, 0.717) is 6.61 Å². The number of aryl methyl sites for hydroxylation is 1. The number of ether oxygens (including phenoxy) is 2. The van der Waals surface area contributed by atoms with Gasteiger partial charge in [-0.3, -0.25) is 4.98 Å². The molecule has 1 fully saturated rings. The largest absolute Gasteiger partial charge is 0.488 e. The first-order valence-corrected chi connectivity index (χ1v) is 9.17. The molecule has 1 aromatic heterocycles. The lowest BCUT2D eigenvalue weighted by molar-refractivity contribution is 0.140. The Morgan fingerprint density at radius 2 is 2.00 bits per heavy atom. The molecule has 134 valence electrons. The smallest absolute Gasteiger partial charge is 0.124 e. The van der Waals surface area contributed by atoms with Gasteiger partial charge in [-0.15, -0.1) is 0 Å². The number of aromatic nitrogens is 1. The number of pyridine rings is 1. The van der Waals surface area contributed by atoms with Gasteiger partial charge in [-0.05, 0) is 30.2 Å². The van der Waals surface area contributed by atoms with Gasteiger partial charge in [0, 0.05) is 36.7 Å². The Bertz CT molecular complexity index is 883. The molecule has 0 bridgehead atoms. The standard InChI is InChI=1S/C22H24N2O2/c1-16-7-8-18(21(12-16)26-20-9-11-25-15-20)13-23-14-19-5-2-4-17-6-3-10-24-22(17)19/h2-8,10,12,20,23H,9,11,13-15H2,1H3/t20-/m0/s1. The summed E-state index contributed by atoms with van der Waals surface area (Å²) in [6, 6.07) is 16.8. The highest BCUT2D eigenvalue weighted by molar-refractivity contribution is 5.81. The Balaban J connectivity index is 1.45. The summed E-state index contributed by atoms with van der Waals surface area (Å²) in [7, 11) is 0. The quantitative estimate of drug-likeness (QED) is 0.731. The summed E-state index contributed by atoms with van der Waals surface area (Å²) in [6.45, 7) is 5.10. The molecule has 1 atom stereocenters. The molecule has 4 rings (SSSR count). The third-order valence-corrected chi connectivity index (χ3v) is 4.75. The molecule has 0 amide bonds. The van der Waals surface area contributed by atoms with Crippen LogP contribution in [0.2, 0.25) is 0 Å². The summed E-state index contributed by atoms with van der Waals surface area (Å²) in [4.78, 5) is 4.53. The monoisotopic (exact) mass is 348 g/mol. The Labute approximate surface area is 154 Å². The average Bonchev–Trinajstić information content (AvgIpc) is 3.17. The summed E-state index contributed by atoms with van der Waals surface area (Å²) in [5, 5.41) is 4.72. The summed E-state index contributed by atoms with van der Waals surface area (Å²) in [6.07, 6.45) is 2.97. The van der Waals surface area contributed by atoms with Crippen molar-refractivity contribution in [2.75, 3.05) is 13.2 Å². The predicted octanol–water partition coefficient (Wildman–Crippen LogP) is 4.00. The van der Waals surface area contributed by atoms with Crippen LogP contribution in [0.3, 0.4) is 0 Å². The van der Waals surface area contributed by atoms with Gasteiger partial charge in [0.15, 0.2) is 0 Å². The van der Waals surface area contributed by atoms with Crippen LogP contribution in [0, 0.1) is 6.92 Å². The minimum absolute atomic E-state index is 0.165. The van der Waals surface area contributed by atoms with Gasteiger partial charge in [-0.2, -0.15) is 0 Å². The van der Waals surface area contributed by atoms with Crippen molar-refractivity contribution in [3.8, 4) is 5.75 Å². The van der Waals surface area contributed by atoms with Gasteiger partial charge in [0.2, 0.25) is 0 Å². The predicted molar refractivity (Wildman–Crippen MR) is 103 cm³/mol. The second-order valence-electron chi connectivity index (χ2n) is 6.81. The molecular formula is C22H24N2O2. The lowest BCUT2D eigenvalue weighted by atomic mass is 10.1.